The minimum Gasteiger partial charge on any atom is -0.349 e. The highest BCUT2D eigenvalue weighted by Crippen LogP contribution is 2.58. The largest absolute Gasteiger partial charge is 0.349 e. The Morgan fingerprint density at radius 3 is 2.03 bits per heavy atom. The second-order valence-corrected chi connectivity index (χ2v) is 9.97. The van der Waals surface area contributed by atoms with Crippen molar-refractivity contribution in [2.75, 3.05) is 4.90 Å². The number of anilines is 1. The third kappa shape index (κ3) is 2.79. The molecule has 1 spiro atoms. The lowest BCUT2D eigenvalue weighted by molar-refractivity contribution is -0.127. The Morgan fingerprint density at radius 2 is 1.32 bits per heavy atom. The second-order valence-electron chi connectivity index (χ2n) is 9.54. The molecular weight excluding hydrogens is 490 g/mol. The number of carbonyl (C=O) groups is 4. The van der Waals surface area contributed by atoms with Crippen LogP contribution in [0.4, 0.5) is 5.69 Å². The summed E-state index contributed by atoms with van der Waals surface area (Å²) in [6.07, 6.45) is -0.980. The molecule has 0 N–H and O–H groups in total. The number of ketones is 2. The first kappa shape index (κ1) is 22.1. The van der Waals surface area contributed by atoms with Crippen LogP contribution in [0.15, 0.2) is 91.0 Å². The highest BCUT2D eigenvalue weighted by Gasteiger charge is 2.74. The van der Waals surface area contributed by atoms with Crippen LogP contribution in [-0.4, -0.2) is 29.0 Å². The Hall–Kier alpha value is -4.13. The minimum absolute atomic E-state index is 0.204. The van der Waals surface area contributed by atoms with Crippen LogP contribution in [0, 0.1) is 11.8 Å². The Kier molecular flexibility index (Phi) is 4.59. The normalized spacial score (nSPS) is 23.8. The summed E-state index contributed by atoms with van der Waals surface area (Å²) in [5, 5.41) is 2.19. The molecule has 3 atom stereocenters. The van der Waals surface area contributed by atoms with E-state index in [0.717, 1.165) is 15.7 Å². The standard InChI is InChI=1S/C30H18ClNO5/c31-17-12-14-18(15-13-17)32-28(35)23-24(29(32)36)30(26(33)21-9-3-4-10-22(21)27(30)34)37-25(23)20-11-5-7-16-6-1-2-8-19(16)20/h1-15,23-25H/t23-,24+,25-/m0/s1. The maximum absolute atomic E-state index is 14.0. The monoisotopic (exact) mass is 507 g/mol. The molecule has 2 amide bonds. The molecule has 0 aromatic heterocycles. The summed E-state index contributed by atoms with van der Waals surface area (Å²) >= 11 is 6.04. The molecule has 3 aliphatic rings. The smallest absolute Gasteiger partial charge is 0.241 e. The van der Waals surface area contributed by atoms with Gasteiger partial charge in [0.2, 0.25) is 29.0 Å². The summed E-state index contributed by atoms with van der Waals surface area (Å²) in [7, 11) is 0. The van der Waals surface area contributed by atoms with Gasteiger partial charge in [-0.25, -0.2) is 4.90 Å². The average Bonchev–Trinajstić information content (AvgIpc) is 3.49. The maximum Gasteiger partial charge on any atom is 0.241 e. The van der Waals surface area contributed by atoms with Gasteiger partial charge in [-0.1, -0.05) is 78.3 Å². The van der Waals surface area contributed by atoms with Crippen molar-refractivity contribution < 1.29 is 23.9 Å². The van der Waals surface area contributed by atoms with Gasteiger partial charge in [0.15, 0.2) is 0 Å². The summed E-state index contributed by atoms with van der Waals surface area (Å²) in [5.41, 5.74) is -0.717. The second kappa shape index (κ2) is 7.68. The number of benzene rings is 4. The SMILES string of the molecule is O=C1[C@@H]2[C@H](c3cccc4ccccc34)OC3(C(=O)c4ccccc4C3=O)[C@H]2C(=O)N1c1ccc(Cl)cc1. The molecule has 4 aromatic rings. The van der Waals surface area contributed by atoms with Gasteiger partial charge >= 0.3 is 0 Å². The fourth-order valence-electron chi connectivity index (χ4n) is 6.14. The topological polar surface area (TPSA) is 80.8 Å². The lowest BCUT2D eigenvalue weighted by Crippen LogP contribution is -2.51. The first-order valence-corrected chi connectivity index (χ1v) is 12.3. The van der Waals surface area contributed by atoms with Gasteiger partial charge in [0, 0.05) is 16.1 Å². The molecule has 37 heavy (non-hydrogen) atoms. The van der Waals surface area contributed by atoms with Crippen LogP contribution in [0.3, 0.4) is 0 Å². The highest BCUT2D eigenvalue weighted by atomic mass is 35.5. The first-order chi connectivity index (χ1) is 17.9. The summed E-state index contributed by atoms with van der Waals surface area (Å²) < 4.78 is 6.43. The summed E-state index contributed by atoms with van der Waals surface area (Å²) in [6, 6.07) is 26.0. The van der Waals surface area contributed by atoms with E-state index in [1.54, 1.807) is 48.5 Å². The van der Waals surface area contributed by atoms with Crippen LogP contribution < -0.4 is 4.90 Å². The third-order valence-corrected chi connectivity index (χ3v) is 7.99. The third-order valence-electron chi connectivity index (χ3n) is 7.73. The Balaban J connectivity index is 1.46. The van der Waals surface area contributed by atoms with Gasteiger partial charge in [-0.15, -0.1) is 0 Å². The number of fused-ring (bicyclic) bond motifs is 4. The van der Waals surface area contributed by atoms with E-state index >= 15 is 0 Å². The molecule has 180 valence electrons. The van der Waals surface area contributed by atoms with Gasteiger partial charge in [0.05, 0.1) is 23.6 Å². The van der Waals surface area contributed by atoms with Gasteiger partial charge in [0.25, 0.3) is 0 Å². The molecule has 1 aliphatic carbocycles. The van der Waals surface area contributed by atoms with Crippen LogP contribution in [0.1, 0.15) is 32.4 Å². The van der Waals surface area contributed by atoms with Gasteiger partial charge in [-0.05, 0) is 40.6 Å². The molecular formula is C30H18ClNO5. The molecule has 0 radical (unpaired) electrons. The van der Waals surface area contributed by atoms with Crippen LogP contribution >= 0.6 is 11.6 Å². The zero-order valence-corrected chi connectivity index (χ0v) is 20.0. The maximum atomic E-state index is 14.0. The molecule has 7 heteroatoms. The predicted molar refractivity (Wildman–Crippen MR) is 137 cm³/mol. The number of hydrogen-bond donors (Lipinski definition) is 0. The number of amides is 2. The van der Waals surface area contributed by atoms with Gasteiger partial charge in [0.1, 0.15) is 0 Å². The van der Waals surface area contributed by atoms with E-state index in [-0.39, 0.29) is 11.1 Å². The number of imide groups is 1. The van der Waals surface area contributed by atoms with E-state index in [9.17, 15) is 19.2 Å². The molecule has 2 heterocycles. The predicted octanol–water partition coefficient (Wildman–Crippen LogP) is 5.19. The quantitative estimate of drug-likeness (QED) is 0.275. The lowest BCUT2D eigenvalue weighted by atomic mass is 9.77. The van der Waals surface area contributed by atoms with Crippen molar-refractivity contribution in [3.8, 4) is 0 Å². The van der Waals surface area contributed by atoms with Crippen molar-refractivity contribution in [1.82, 2.24) is 0 Å². The number of nitrogens with zero attached hydrogens (tertiary/aromatic N) is 1. The molecule has 0 unspecified atom stereocenters. The van der Waals surface area contributed by atoms with Gasteiger partial charge in [-0.2, -0.15) is 0 Å². The summed E-state index contributed by atoms with van der Waals surface area (Å²) in [5.74, 6) is -4.66. The number of rotatable bonds is 2. The Morgan fingerprint density at radius 1 is 0.703 bits per heavy atom. The number of carbonyl (C=O) groups excluding carboxylic acids is 4. The Bertz CT molecular complexity index is 1640. The number of ether oxygens (including phenoxy) is 1. The highest BCUT2D eigenvalue weighted by molar-refractivity contribution is 6.37. The summed E-state index contributed by atoms with van der Waals surface area (Å²) in [6.45, 7) is 0. The van der Waals surface area contributed by atoms with Gasteiger partial charge < -0.3 is 4.74 Å². The van der Waals surface area contributed by atoms with E-state index in [2.05, 4.69) is 0 Å². The zero-order valence-electron chi connectivity index (χ0n) is 19.3. The fourth-order valence-corrected chi connectivity index (χ4v) is 6.27. The molecule has 0 saturated carbocycles. The van der Waals surface area contributed by atoms with Crippen LogP contribution in [0.25, 0.3) is 10.8 Å². The van der Waals surface area contributed by atoms with E-state index in [1.165, 1.54) is 0 Å². The minimum atomic E-state index is -2.11. The Labute approximate surface area is 216 Å². The number of Topliss-reactive ketones (excluding diaryl/α,β-unsaturated/α-hetero) is 2. The van der Waals surface area contributed by atoms with E-state index in [1.807, 2.05) is 42.5 Å². The molecule has 2 saturated heterocycles. The molecule has 6 nitrogen and oxygen atoms in total. The van der Waals surface area contributed by atoms with Crippen molar-refractivity contribution >= 4 is 51.4 Å². The van der Waals surface area contributed by atoms with Crippen molar-refractivity contribution in [3.63, 3.8) is 0 Å². The molecule has 4 aromatic carbocycles. The van der Waals surface area contributed by atoms with Crippen molar-refractivity contribution in [1.29, 1.82) is 0 Å². The first-order valence-electron chi connectivity index (χ1n) is 11.9. The van der Waals surface area contributed by atoms with Crippen molar-refractivity contribution in [3.05, 3.63) is 113 Å². The zero-order chi connectivity index (χ0) is 25.5. The molecule has 7 rings (SSSR count). The molecule has 2 fully saturated rings. The summed E-state index contributed by atoms with van der Waals surface area (Å²) in [4.78, 5) is 56.9. The van der Waals surface area contributed by atoms with Crippen LogP contribution in [0.5, 0.6) is 0 Å². The average molecular weight is 508 g/mol. The van der Waals surface area contributed by atoms with Crippen molar-refractivity contribution in [2.45, 2.75) is 11.7 Å². The van der Waals surface area contributed by atoms with Crippen molar-refractivity contribution in [2.24, 2.45) is 11.8 Å². The fraction of sp³-hybridized carbons (Fsp3) is 0.133. The van der Waals surface area contributed by atoms with Crippen LogP contribution in [0.2, 0.25) is 5.02 Å². The van der Waals surface area contributed by atoms with E-state index in [4.69, 9.17) is 16.3 Å². The molecule has 0 bridgehead atoms. The molecule has 2 aliphatic heterocycles. The van der Waals surface area contributed by atoms with E-state index < -0.39 is 46.9 Å². The number of halogens is 1. The number of hydrogen-bond acceptors (Lipinski definition) is 5. The van der Waals surface area contributed by atoms with Crippen LogP contribution in [-0.2, 0) is 14.3 Å². The van der Waals surface area contributed by atoms with Gasteiger partial charge in [-0.3, -0.25) is 19.2 Å². The van der Waals surface area contributed by atoms with E-state index in [0.29, 0.717) is 16.3 Å². The lowest BCUT2D eigenvalue weighted by Gasteiger charge is -2.27.